The molecule has 2 aliphatic carbocycles. The lowest BCUT2D eigenvalue weighted by Gasteiger charge is -2.39. The molecule has 1 fully saturated rings. The van der Waals surface area contributed by atoms with Gasteiger partial charge in [-0.2, -0.15) is 0 Å². The quantitative estimate of drug-likeness (QED) is 0.491. The van der Waals surface area contributed by atoms with Gasteiger partial charge in [0.2, 0.25) is 0 Å². The van der Waals surface area contributed by atoms with Crippen molar-refractivity contribution in [2.45, 2.75) is 78.2 Å². The van der Waals surface area contributed by atoms with E-state index < -0.39 is 5.92 Å². The van der Waals surface area contributed by atoms with Crippen molar-refractivity contribution in [1.29, 1.82) is 0 Å². The van der Waals surface area contributed by atoms with E-state index in [4.69, 9.17) is 9.47 Å². The molecule has 1 saturated carbocycles. The number of esters is 1. The van der Waals surface area contributed by atoms with E-state index in [1.54, 1.807) is 12.1 Å². The molecule has 3 aliphatic rings. The number of ketones is 1. The molecule has 1 heterocycles. The van der Waals surface area contributed by atoms with E-state index in [0.29, 0.717) is 52.1 Å². The summed E-state index contributed by atoms with van der Waals surface area (Å²) < 4.78 is 12.0. The van der Waals surface area contributed by atoms with Crippen LogP contribution in [0, 0.1) is 5.41 Å². The summed E-state index contributed by atoms with van der Waals surface area (Å²) in [6, 6.07) is 3.50. The molecule has 0 unspecified atom stereocenters. The van der Waals surface area contributed by atoms with Gasteiger partial charge in [0.15, 0.2) is 17.3 Å². The van der Waals surface area contributed by atoms with E-state index in [1.165, 1.54) is 0 Å². The molecule has 7 heteroatoms. The van der Waals surface area contributed by atoms with Gasteiger partial charge in [-0.05, 0) is 85.0 Å². The second kappa shape index (κ2) is 9.16. The molecule has 178 valence electrons. The first-order valence-electron chi connectivity index (χ1n) is 11.7. The van der Waals surface area contributed by atoms with Crippen LogP contribution in [0.2, 0.25) is 0 Å². The summed E-state index contributed by atoms with van der Waals surface area (Å²) in [5, 5.41) is 13.8. The lowest BCUT2D eigenvalue weighted by Crippen LogP contribution is -2.39. The van der Waals surface area contributed by atoms with Gasteiger partial charge in [-0.1, -0.05) is 13.8 Å². The largest absolute Gasteiger partial charge is 0.503 e. The molecule has 1 atom stereocenters. The van der Waals surface area contributed by atoms with E-state index in [0.717, 1.165) is 31.4 Å². The third kappa shape index (κ3) is 4.70. The zero-order valence-electron chi connectivity index (χ0n) is 19.7. The minimum atomic E-state index is -0.588. The smallest absolute Gasteiger partial charge is 0.337 e. The molecule has 33 heavy (non-hydrogen) atoms. The summed E-state index contributed by atoms with van der Waals surface area (Å²) in [6.07, 6.45) is 4.90. The van der Waals surface area contributed by atoms with Crippen molar-refractivity contribution in [1.82, 2.24) is 5.32 Å². The third-order valence-electron chi connectivity index (χ3n) is 6.72. The Morgan fingerprint density at radius 3 is 2.61 bits per heavy atom. The van der Waals surface area contributed by atoms with E-state index in [2.05, 4.69) is 35.1 Å². The molecule has 0 spiro atoms. The van der Waals surface area contributed by atoms with Crippen LogP contribution in [0.15, 0.2) is 39.1 Å². The van der Waals surface area contributed by atoms with Crippen molar-refractivity contribution < 1.29 is 24.2 Å². The number of phenols is 1. The first kappa shape index (κ1) is 23.9. The molecule has 0 aromatic heterocycles. The van der Waals surface area contributed by atoms with Gasteiger partial charge < -0.3 is 19.9 Å². The fourth-order valence-electron chi connectivity index (χ4n) is 5.29. The maximum atomic E-state index is 13.5. The summed E-state index contributed by atoms with van der Waals surface area (Å²) in [6.45, 7) is 8.25. The molecule has 0 radical (unpaired) electrons. The average molecular weight is 518 g/mol. The molecule has 0 saturated heterocycles. The Kier molecular flexibility index (Phi) is 6.63. The van der Waals surface area contributed by atoms with Crippen molar-refractivity contribution in [3.8, 4) is 11.5 Å². The van der Waals surface area contributed by atoms with Crippen molar-refractivity contribution in [3.05, 3.63) is 44.7 Å². The lowest BCUT2D eigenvalue weighted by atomic mass is 9.68. The molecule has 1 aromatic rings. The van der Waals surface area contributed by atoms with Crippen molar-refractivity contribution in [3.63, 3.8) is 0 Å². The number of hydrogen-bond donors (Lipinski definition) is 2. The fourth-order valence-corrected chi connectivity index (χ4v) is 5.75. The highest BCUT2D eigenvalue weighted by atomic mass is 79.9. The van der Waals surface area contributed by atoms with E-state index in [1.807, 2.05) is 13.8 Å². The second-order valence-corrected chi connectivity index (χ2v) is 10.9. The highest BCUT2D eigenvalue weighted by Crippen LogP contribution is 2.49. The Morgan fingerprint density at radius 2 is 1.94 bits per heavy atom. The molecule has 6 nitrogen and oxygen atoms in total. The maximum absolute atomic E-state index is 13.5. The molecule has 1 aromatic carbocycles. The number of allylic oxidation sites excluding steroid dienone is 3. The molecule has 2 N–H and O–H groups in total. The van der Waals surface area contributed by atoms with Crippen LogP contribution in [0.4, 0.5) is 0 Å². The van der Waals surface area contributed by atoms with Crippen LogP contribution in [0.3, 0.4) is 0 Å². The van der Waals surface area contributed by atoms with Crippen LogP contribution in [0.1, 0.15) is 77.7 Å². The van der Waals surface area contributed by atoms with Gasteiger partial charge in [0.25, 0.3) is 0 Å². The Labute approximate surface area is 203 Å². The Hall–Kier alpha value is -2.28. The number of carbonyl (C=O) groups is 2. The van der Waals surface area contributed by atoms with Crippen LogP contribution in [-0.2, 0) is 14.3 Å². The maximum Gasteiger partial charge on any atom is 0.337 e. The van der Waals surface area contributed by atoms with Crippen molar-refractivity contribution in [2.75, 3.05) is 6.61 Å². The predicted molar refractivity (Wildman–Crippen MR) is 129 cm³/mol. The van der Waals surface area contributed by atoms with Crippen molar-refractivity contribution >= 4 is 27.7 Å². The minimum absolute atomic E-state index is 0.00405. The van der Waals surface area contributed by atoms with Crippen LogP contribution in [-0.4, -0.2) is 29.6 Å². The molecular formula is C26H32BrNO5. The van der Waals surface area contributed by atoms with Crippen molar-refractivity contribution in [2.24, 2.45) is 5.41 Å². The normalized spacial score (nSPS) is 22.8. The number of nitrogens with one attached hydrogen (secondary N) is 1. The van der Waals surface area contributed by atoms with Gasteiger partial charge in [0, 0.05) is 29.3 Å². The number of carbonyl (C=O) groups excluding carboxylic acids is 2. The van der Waals surface area contributed by atoms with Gasteiger partial charge >= 0.3 is 5.97 Å². The first-order valence-corrected chi connectivity index (χ1v) is 12.5. The summed E-state index contributed by atoms with van der Waals surface area (Å²) in [5.41, 5.74) is 3.17. The number of dihydropyridines is 1. The van der Waals surface area contributed by atoms with Crippen LogP contribution in [0.5, 0.6) is 11.5 Å². The molecule has 0 bridgehead atoms. The Morgan fingerprint density at radius 1 is 1.24 bits per heavy atom. The van der Waals surface area contributed by atoms with Gasteiger partial charge in [0.05, 0.1) is 16.7 Å². The summed E-state index contributed by atoms with van der Waals surface area (Å²) in [4.78, 5) is 26.9. The van der Waals surface area contributed by atoms with Gasteiger partial charge in [-0.15, -0.1) is 0 Å². The minimum Gasteiger partial charge on any atom is -0.503 e. The van der Waals surface area contributed by atoms with Crippen LogP contribution >= 0.6 is 15.9 Å². The zero-order chi connectivity index (χ0) is 23.9. The number of rotatable bonds is 5. The fraction of sp³-hybridized carbons (Fsp3) is 0.538. The number of aromatic hydroxyl groups is 1. The lowest BCUT2D eigenvalue weighted by molar-refractivity contribution is -0.144. The molecule has 0 amide bonds. The first-order chi connectivity index (χ1) is 15.6. The number of halogens is 1. The molecule has 4 rings (SSSR count). The number of phenolic OH excluding ortho intramolecular Hbond substituents is 1. The number of ether oxygens (including phenoxy) is 2. The topological polar surface area (TPSA) is 84.9 Å². The number of Topliss-reactive ketones (excluding diaryl/α,β-unsaturated/α-hetero) is 1. The van der Waals surface area contributed by atoms with Gasteiger partial charge in [0.1, 0.15) is 6.10 Å². The second-order valence-electron chi connectivity index (χ2n) is 10.0. The molecule has 1 aliphatic heterocycles. The predicted octanol–water partition coefficient (Wildman–Crippen LogP) is 5.64. The highest BCUT2D eigenvalue weighted by Gasteiger charge is 2.44. The van der Waals surface area contributed by atoms with Gasteiger partial charge in [-0.25, -0.2) is 4.79 Å². The van der Waals surface area contributed by atoms with E-state index >= 15 is 0 Å². The standard InChI is InChI=1S/C26H32BrNO5/c1-5-32-20-11-15(10-17(27)24(20)30)22-21(25(31)33-16-8-6-7-9-16)14(2)28-18-12-26(3,4)13-19(29)23(18)22/h10-11,16,22,28,30H,5-9,12-13H2,1-4H3/t22-/m0/s1. The summed E-state index contributed by atoms with van der Waals surface area (Å²) in [7, 11) is 0. The number of benzene rings is 1. The Bertz CT molecular complexity index is 1050. The zero-order valence-corrected chi connectivity index (χ0v) is 21.3. The average Bonchev–Trinajstić information content (AvgIpc) is 3.22. The third-order valence-corrected chi connectivity index (χ3v) is 7.32. The van der Waals surface area contributed by atoms with E-state index in [9.17, 15) is 14.7 Å². The summed E-state index contributed by atoms with van der Waals surface area (Å²) >= 11 is 3.42. The monoisotopic (exact) mass is 517 g/mol. The van der Waals surface area contributed by atoms with Crippen LogP contribution in [0.25, 0.3) is 0 Å². The SMILES string of the molecule is CCOc1cc([C@H]2C(C(=O)OC3CCCC3)=C(C)NC3=C2C(=O)CC(C)(C)C3)cc(Br)c1O. The number of hydrogen-bond acceptors (Lipinski definition) is 6. The highest BCUT2D eigenvalue weighted by molar-refractivity contribution is 9.10. The Balaban J connectivity index is 1.84. The summed E-state index contributed by atoms with van der Waals surface area (Å²) in [5.74, 6) is -0.638. The van der Waals surface area contributed by atoms with Gasteiger partial charge in [-0.3, -0.25) is 4.79 Å². The molecular weight excluding hydrogens is 486 g/mol. The van der Waals surface area contributed by atoms with Crippen LogP contribution < -0.4 is 10.1 Å². The van der Waals surface area contributed by atoms with E-state index in [-0.39, 0.29) is 29.0 Å².